The summed E-state index contributed by atoms with van der Waals surface area (Å²) in [7, 11) is 1.84. The molecular weight excluding hydrogens is 787 g/mol. The Balaban J connectivity index is 0.748. The van der Waals surface area contributed by atoms with Crippen LogP contribution in [0.4, 0.5) is 27.8 Å². The molecule has 1 aromatic heterocycles. The standard InChI is InChI=1S/C46H57N11O5/c1-28-8-17-37(43(59)49-28)57-44(60)35-6-3-7-36(39(35)45(57)61)50-32-13-9-29(10-14-32)26-54-21-18-31(19-22-54)30-11-15-33(16-12-30)51-42-40(41(47)58)48-25-38(52-42)55-20-4-5-34(27-55)56-24-23-53(2)46(56)62/h3,6-7,11-12,15-16,25,29,31-32,34,37,50H,1,4-5,8-10,13-14,17-24,26-27H2,2H3,(H2,47,58)(H,49,59)(H,51,52)/t29?,32?,34-,37?/m1/s1. The van der Waals surface area contributed by atoms with E-state index >= 15 is 0 Å². The fraction of sp³-hybridized carbons (Fsp3) is 0.500. The topological polar surface area (TPSA) is 189 Å². The second-order valence-corrected chi connectivity index (χ2v) is 18.0. The molecule has 326 valence electrons. The van der Waals surface area contributed by atoms with E-state index in [-0.39, 0.29) is 29.7 Å². The molecule has 1 unspecified atom stereocenters. The van der Waals surface area contributed by atoms with Gasteiger partial charge in [-0.25, -0.2) is 14.8 Å². The summed E-state index contributed by atoms with van der Waals surface area (Å²) in [6.45, 7) is 9.89. The van der Waals surface area contributed by atoms with E-state index in [4.69, 9.17) is 10.7 Å². The number of primary amides is 1. The number of amides is 6. The number of likely N-dealkylation sites (tertiary alicyclic amines) is 1. The van der Waals surface area contributed by atoms with Gasteiger partial charge in [-0.2, -0.15) is 0 Å². The molecule has 62 heavy (non-hydrogen) atoms. The number of hydrogen-bond acceptors (Lipinski definition) is 11. The van der Waals surface area contributed by atoms with Gasteiger partial charge in [-0.15, -0.1) is 0 Å². The molecule has 9 rings (SSSR count). The second kappa shape index (κ2) is 17.4. The molecular formula is C46H57N11O5. The lowest BCUT2D eigenvalue weighted by Gasteiger charge is -2.37. The molecule has 2 aromatic carbocycles. The number of fused-ring (bicyclic) bond motifs is 1. The van der Waals surface area contributed by atoms with Crippen LogP contribution in [0.1, 0.15) is 107 Å². The highest BCUT2D eigenvalue weighted by Gasteiger charge is 2.45. The number of aromatic nitrogens is 2. The number of urea groups is 1. The van der Waals surface area contributed by atoms with Gasteiger partial charge in [0.15, 0.2) is 11.5 Å². The summed E-state index contributed by atoms with van der Waals surface area (Å²) >= 11 is 0. The van der Waals surface area contributed by atoms with Gasteiger partial charge < -0.3 is 41.3 Å². The van der Waals surface area contributed by atoms with Gasteiger partial charge in [-0.1, -0.05) is 24.8 Å². The third-order valence-electron chi connectivity index (χ3n) is 13.9. The van der Waals surface area contributed by atoms with Crippen molar-refractivity contribution >= 4 is 52.7 Å². The Morgan fingerprint density at radius 3 is 2.39 bits per heavy atom. The van der Waals surface area contributed by atoms with E-state index in [2.05, 4.69) is 49.4 Å². The van der Waals surface area contributed by atoms with Crippen molar-refractivity contribution in [2.45, 2.75) is 88.3 Å². The number of carbonyl (C=O) groups is 5. The van der Waals surface area contributed by atoms with Crippen molar-refractivity contribution in [2.75, 3.05) is 68.4 Å². The quantitative estimate of drug-likeness (QED) is 0.192. The van der Waals surface area contributed by atoms with Crippen molar-refractivity contribution in [2.24, 2.45) is 11.7 Å². The number of nitrogens with zero attached hydrogens (tertiary/aromatic N) is 7. The van der Waals surface area contributed by atoms with Crippen LogP contribution in [0, 0.1) is 5.92 Å². The van der Waals surface area contributed by atoms with Crippen LogP contribution < -0.4 is 26.6 Å². The van der Waals surface area contributed by atoms with Gasteiger partial charge in [0, 0.05) is 62.9 Å². The van der Waals surface area contributed by atoms with Gasteiger partial charge in [-0.3, -0.25) is 24.1 Å². The fourth-order valence-electron chi connectivity index (χ4n) is 10.4. The van der Waals surface area contributed by atoms with Crippen molar-refractivity contribution in [1.82, 2.24) is 34.9 Å². The molecule has 2 atom stereocenters. The van der Waals surface area contributed by atoms with E-state index in [0.29, 0.717) is 65.4 Å². The molecule has 0 bridgehead atoms. The predicted molar refractivity (Wildman–Crippen MR) is 235 cm³/mol. The molecule has 6 aliphatic rings. The highest BCUT2D eigenvalue weighted by atomic mass is 16.2. The van der Waals surface area contributed by atoms with Crippen LogP contribution in [-0.2, 0) is 4.79 Å². The van der Waals surface area contributed by atoms with Crippen molar-refractivity contribution in [3.8, 4) is 0 Å². The van der Waals surface area contributed by atoms with Crippen LogP contribution in [-0.4, -0.2) is 130 Å². The van der Waals surface area contributed by atoms with Gasteiger partial charge >= 0.3 is 6.03 Å². The SMILES string of the molecule is C=C1CCC(N2C(=O)c3cccc(NC4CCC(CN5CCC(c6ccc(Nc7nc(N8CCC[C@@H](N9CCN(C)C9=O)C8)cnc7C(N)=O)cc6)CC5)CC4)c3C2=O)C(=O)N1. The van der Waals surface area contributed by atoms with Crippen LogP contribution in [0.2, 0.25) is 0 Å². The highest BCUT2D eigenvalue weighted by molar-refractivity contribution is 6.25. The number of benzene rings is 2. The largest absolute Gasteiger partial charge is 0.382 e. The van der Waals surface area contributed by atoms with Crippen LogP contribution in [0.25, 0.3) is 0 Å². The molecule has 3 aromatic rings. The van der Waals surface area contributed by atoms with Crippen molar-refractivity contribution in [1.29, 1.82) is 0 Å². The highest BCUT2D eigenvalue weighted by Crippen LogP contribution is 2.36. The van der Waals surface area contributed by atoms with Gasteiger partial charge in [0.1, 0.15) is 11.9 Å². The van der Waals surface area contributed by atoms with E-state index in [0.717, 1.165) is 101 Å². The van der Waals surface area contributed by atoms with E-state index in [1.165, 1.54) is 5.56 Å². The normalized spacial score (nSPS) is 25.0. The number of hydrogen-bond donors (Lipinski definition) is 4. The maximum Gasteiger partial charge on any atom is 0.320 e. The molecule has 6 amide bonds. The summed E-state index contributed by atoms with van der Waals surface area (Å²) in [4.78, 5) is 83.6. The van der Waals surface area contributed by atoms with Crippen molar-refractivity contribution in [3.05, 3.63) is 83.3 Å². The molecule has 0 spiro atoms. The molecule has 1 saturated carbocycles. The minimum absolute atomic E-state index is 0.0659. The average Bonchev–Trinajstić information content (AvgIpc) is 3.75. The zero-order valence-corrected chi connectivity index (χ0v) is 35.5. The number of likely N-dealkylation sites (N-methyl/N-ethyl adjacent to an activating group) is 1. The Morgan fingerprint density at radius 1 is 0.903 bits per heavy atom. The maximum absolute atomic E-state index is 13.6. The fourth-order valence-corrected chi connectivity index (χ4v) is 10.4. The minimum atomic E-state index is -0.827. The lowest BCUT2D eigenvalue weighted by molar-refractivity contribution is -0.125. The monoisotopic (exact) mass is 843 g/mol. The Kier molecular flexibility index (Phi) is 11.6. The minimum Gasteiger partial charge on any atom is -0.382 e. The smallest absolute Gasteiger partial charge is 0.320 e. The Hall–Kier alpha value is -6.03. The molecule has 5 fully saturated rings. The summed E-state index contributed by atoms with van der Waals surface area (Å²) < 4.78 is 0. The molecule has 0 radical (unpaired) electrons. The van der Waals surface area contributed by atoms with Gasteiger partial charge in [-0.05, 0) is 119 Å². The summed E-state index contributed by atoms with van der Waals surface area (Å²) in [6.07, 6.45) is 10.7. The second-order valence-electron chi connectivity index (χ2n) is 18.0. The van der Waals surface area contributed by atoms with Gasteiger partial charge in [0.25, 0.3) is 17.7 Å². The van der Waals surface area contributed by atoms with Crippen LogP contribution in [0.5, 0.6) is 0 Å². The molecule has 1 aliphatic carbocycles. The molecule has 5 aliphatic heterocycles. The molecule has 16 nitrogen and oxygen atoms in total. The number of piperidine rings is 3. The molecule has 5 N–H and O–H groups in total. The van der Waals surface area contributed by atoms with Crippen molar-refractivity contribution in [3.63, 3.8) is 0 Å². The van der Waals surface area contributed by atoms with Crippen LogP contribution >= 0.6 is 0 Å². The molecule has 4 saturated heterocycles. The van der Waals surface area contributed by atoms with Crippen LogP contribution in [0.3, 0.4) is 0 Å². The maximum atomic E-state index is 13.6. The Morgan fingerprint density at radius 2 is 1.68 bits per heavy atom. The first-order valence-electron chi connectivity index (χ1n) is 22.3. The first-order valence-corrected chi connectivity index (χ1v) is 22.3. The zero-order chi connectivity index (χ0) is 43.1. The Bertz CT molecular complexity index is 2250. The lowest BCUT2D eigenvalue weighted by Crippen LogP contribution is -2.51. The van der Waals surface area contributed by atoms with E-state index in [9.17, 15) is 24.0 Å². The molecule has 16 heteroatoms. The van der Waals surface area contributed by atoms with Gasteiger partial charge in [0.2, 0.25) is 5.91 Å². The number of carbonyl (C=O) groups excluding carboxylic acids is 5. The number of imide groups is 1. The summed E-state index contributed by atoms with van der Waals surface area (Å²) in [5, 5.41) is 9.62. The molecule has 6 heterocycles. The summed E-state index contributed by atoms with van der Waals surface area (Å²) in [6, 6.07) is 13.3. The van der Waals surface area contributed by atoms with Gasteiger partial charge in [0.05, 0.1) is 23.4 Å². The predicted octanol–water partition coefficient (Wildman–Crippen LogP) is 4.89. The van der Waals surface area contributed by atoms with E-state index in [1.807, 2.05) is 30.1 Å². The number of nitrogens with two attached hydrogens (primary N) is 1. The first-order chi connectivity index (χ1) is 30.0. The Labute approximate surface area is 362 Å². The number of allylic oxidation sites excluding steroid dienone is 1. The van der Waals surface area contributed by atoms with Crippen molar-refractivity contribution < 1.29 is 24.0 Å². The number of nitrogens with one attached hydrogen (secondary N) is 3. The van der Waals surface area contributed by atoms with Crippen LogP contribution in [0.15, 0.2) is 60.9 Å². The summed E-state index contributed by atoms with van der Waals surface area (Å²) in [5.41, 5.74) is 9.90. The average molecular weight is 844 g/mol. The van der Waals surface area contributed by atoms with E-state index in [1.54, 1.807) is 23.2 Å². The zero-order valence-electron chi connectivity index (χ0n) is 35.5. The van der Waals surface area contributed by atoms with E-state index < -0.39 is 23.8 Å². The number of anilines is 4. The first kappa shape index (κ1) is 41.3. The third kappa shape index (κ3) is 8.31. The lowest BCUT2D eigenvalue weighted by atomic mass is 9.84. The third-order valence-corrected chi connectivity index (χ3v) is 13.9. The summed E-state index contributed by atoms with van der Waals surface area (Å²) in [5.74, 6) is 0.203. The number of rotatable bonds is 11.